The Labute approximate surface area is 128 Å². The van der Waals surface area contributed by atoms with Crippen molar-refractivity contribution >= 4 is 17.5 Å². The molecule has 1 aliphatic rings. The van der Waals surface area contributed by atoms with E-state index < -0.39 is 0 Å². The highest BCUT2D eigenvalue weighted by Gasteiger charge is 2.22. The fourth-order valence-corrected chi connectivity index (χ4v) is 2.57. The van der Waals surface area contributed by atoms with Crippen molar-refractivity contribution in [3.63, 3.8) is 0 Å². The molecule has 0 aromatic carbocycles. The van der Waals surface area contributed by atoms with Gasteiger partial charge in [-0.2, -0.15) is 15.0 Å². The van der Waals surface area contributed by atoms with Gasteiger partial charge in [-0.25, -0.2) is 4.98 Å². The molecule has 0 spiro atoms. The number of halogens is 1. The van der Waals surface area contributed by atoms with Crippen LogP contribution in [0, 0.1) is 0 Å². The van der Waals surface area contributed by atoms with Crippen LogP contribution in [0.4, 0.5) is 5.95 Å². The first-order chi connectivity index (χ1) is 10.3. The number of nitrogens with zero attached hydrogens (tertiary/aromatic N) is 6. The first kappa shape index (κ1) is 14.2. The molecule has 3 heterocycles. The summed E-state index contributed by atoms with van der Waals surface area (Å²) in [5, 5.41) is 0.190. The maximum atomic E-state index is 6.02. The summed E-state index contributed by atoms with van der Waals surface area (Å²) < 4.78 is 7.37. The Balaban J connectivity index is 1.77. The quantitative estimate of drug-likeness (QED) is 0.856. The van der Waals surface area contributed by atoms with Gasteiger partial charge in [0.15, 0.2) is 0 Å². The summed E-state index contributed by atoms with van der Waals surface area (Å²) >= 11 is 6.02. The van der Waals surface area contributed by atoms with Gasteiger partial charge in [0, 0.05) is 32.1 Å². The molecule has 1 aliphatic heterocycles. The molecule has 112 valence electrons. The van der Waals surface area contributed by atoms with Crippen LogP contribution in [-0.2, 0) is 4.74 Å². The third-order valence-electron chi connectivity index (χ3n) is 3.45. The van der Waals surface area contributed by atoms with E-state index in [1.54, 1.807) is 23.3 Å². The Bertz CT molecular complexity index is 582. The van der Waals surface area contributed by atoms with Crippen molar-refractivity contribution < 1.29 is 4.74 Å². The van der Waals surface area contributed by atoms with Crippen molar-refractivity contribution in [3.8, 4) is 5.95 Å². The molecule has 8 heteroatoms. The van der Waals surface area contributed by atoms with Gasteiger partial charge >= 0.3 is 0 Å². The summed E-state index contributed by atoms with van der Waals surface area (Å²) in [6, 6.07) is 0. The molecular weight excluding hydrogens is 292 g/mol. The fraction of sp³-hybridized carbons (Fsp3) is 0.538. The average molecular weight is 309 g/mol. The second-order valence-corrected chi connectivity index (χ2v) is 5.15. The lowest BCUT2D eigenvalue weighted by Gasteiger charge is -2.31. The van der Waals surface area contributed by atoms with Crippen LogP contribution in [0.25, 0.3) is 5.95 Å². The molecular formula is C13H17ClN6O. The first-order valence-electron chi connectivity index (χ1n) is 7.02. The Kier molecular flexibility index (Phi) is 4.31. The van der Waals surface area contributed by atoms with Crippen LogP contribution in [0.5, 0.6) is 0 Å². The lowest BCUT2D eigenvalue weighted by atomic mass is 10.1. The van der Waals surface area contributed by atoms with Gasteiger partial charge < -0.3 is 9.64 Å². The second-order valence-electron chi connectivity index (χ2n) is 4.82. The largest absolute Gasteiger partial charge is 0.378 e. The topological polar surface area (TPSA) is 69.0 Å². The van der Waals surface area contributed by atoms with E-state index in [-0.39, 0.29) is 5.28 Å². The summed E-state index contributed by atoms with van der Waals surface area (Å²) in [5.74, 6) is 1.09. The number of hydrogen-bond donors (Lipinski definition) is 0. The third kappa shape index (κ3) is 3.30. The summed E-state index contributed by atoms with van der Waals surface area (Å²) in [6.45, 7) is 4.49. The molecule has 0 radical (unpaired) electrons. The monoisotopic (exact) mass is 308 g/mol. The molecule has 3 rings (SSSR count). The Morgan fingerprint density at radius 2 is 2.00 bits per heavy atom. The maximum absolute atomic E-state index is 6.02. The second kappa shape index (κ2) is 6.36. The van der Waals surface area contributed by atoms with Crippen LogP contribution in [-0.4, -0.2) is 50.3 Å². The molecule has 21 heavy (non-hydrogen) atoms. The number of hydrogen-bond acceptors (Lipinski definition) is 6. The molecule has 1 fully saturated rings. The highest BCUT2D eigenvalue weighted by atomic mass is 35.5. The first-order valence-corrected chi connectivity index (χ1v) is 7.40. The zero-order valence-electron chi connectivity index (χ0n) is 11.8. The van der Waals surface area contributed by atoms with Crippen LogP contribution in [0.1, 0.15) is 19.8 Å². The van der Waals surface area contributed by atoms with Gasteiger partial charge in [0.2, 0.25) is 17.2 Å². The van der Waals surface area contributed by atoms with E-state index in [2.05, 4.69) is 24.8 Å². The zero-order valence-corrected chi connectivity index (χ0v) is 12.6. The lowest BCUT2D eigenvalue weighted by Crippen LogP contribution is -2.38. The predicted molar refractivity (Wildman–Crippen MR) is 78.8 cm³/mol. The standard InChI is InChI=1S/C13H17ClN6O/c1-2-21-10-3-6-19(7-4-10)12-16-11(14)17-13(18-12)20-8-5-15-9-20/h5,8-10H,2-4,6-7H2,1H3. The number of ether oxygens (including phenoxy) is 1. The molecule has 2 aromatic heterocycles. The van der Waals surface area contributed by atoms with E-state index in [1.807, 2.05) is 6.92 Å². The lowest BCUT2D eigenvalue weighted by molar-refractivity contribution is 0.0457. The van der Waals surface area contributed by atoms with Crippen LogP contribution >= 0.6 is 11.6 Å². The number of piperidine rings is 1. The normalized spacial score (nSPS) is 16.4. The summed E-state index contributed by atoms with van der Waals surface area (Å²) in [6.07, 6.45) is 7.35. The zero-order chi connectivity index (χ0) is 14.7. The average Bonchev–Trinajstić information content (AvgIpc) is 3.02. The molecule has 0 atom stereocenters. The summed E-state index contributed by atoms with van der Waals surface area (Å²) in [5.41, 5.74) is 0. The number of aromatic nitrogens is 5. The van der Waals surface area contributed by atoms with Gasteiger partial charge in [0.05, 0.1) is 6.10 Å². The van der Waals surface area contributed by atoms with E-state index >= 15 is 0 Å². The molecule has 0 unspecified atom stereocenters. The van der Waals surface area contributed by atoms with Gasteiger partial charge in [0.1, 0.15) is 6.33 Å². The minimum absolute atomic E-state index is 0.190. The number of imidazole rings is 1. The molecule has 0 bridgehead atoms. The van der Waals surface area contributed by atoms with Gasteiger partial charge in [-0.05, 0) is 31.4 Å². The van der Waals surface area contributed by atoms with Crippen LogP contribution in [0.15, 0.2) is 18.7 Å². The van der Waals surface area contributed by atoms with Crippen LogP contribution in [0.2, 0.25) is 5.28 Å². The third-order valence-corrected chi connectivity index (χ3v) is 3.62. The van der Waals surface area contributed by atoms with Gasteiger partial charge in [-0.3, -0.25) is 4.57 Å². The Morgan fingerprint density at radius 3 is 2.67 bits per heavy atom. The number of rotatable bonds is 4. The smallest absolute Gasteiger partial charge is 0.241 e. The van der Waals surface area contributed by atoms with E-state index in [0.717, 1.165) is 32.5 Å². The highest BCUT2D eigenvalue weighted by Crippen LogP contribution is 2.20. The molecule has 0 N–H and O–H groups in total. The predicted octanol–water partition coefficient (Wildman–Crippen LogP) is 1.72. The minimum Gasteiger partial charge on any atom is -0.378 e. The Morgan fingerprint density at radius 1 is 1.24 bits per heavy atom. The van der Waals surface area contributed by atoms with Crippen LogP contribution in [0.3, 0.4) is 0 Å². The van der Waals surface area contributed by atoms with Crippen molar-refractivity contribution in [2.45, 2.75) is 25.9 Å². The van der Waals surface area contributed by atoms with Crippen molar-refractivity contribution in [1.29, 1.82) is 0 Å². The summed E-state index contributed by atoms with van der Waals surface area (Å²) in [4.78, 5) is 18.9. The Hall–Kier alpha value is -1.73. The van der Waals surface area contributed by atoms with E-state index in [0.29, 0.717) is 18.0 Å². The van der Waals surface area contributed by atoms with Crippen molar-refractivity contribution in [2.75, 3.05) is 24.6 Å². The maximum Gasteiger partial charge on any atom is 0.241 e. The van der Waals surface area contributed by atoms with Crippen LogP contribution < -0.4 is 4.90 Å². The molecule has 2 aromatic rings. The van der Waals surface area contributed by atoms with E-state index in [1.165, 1.54) is 0 Å². The van der Waals surface area contributed by atoms with Gasteiger partial charge in [-0.15, -0.1) is 0 Å². The van der Waals surface area contributed by atoms with Crippen molar-refractivity contribution in [3.05, 3.63) is 24.0 Å². The van der Waals surface area contributed by atoms with Crippen molar-refractivity contribution in [1.82, 2.24) is 24.5 Å². The molecule has 0 saturated carbocycles. The number of anilines is 1. The van der Waals surface area contributed by atoms with E-state index in [9.17, 15) is 0 Å². The SMILES string of the molecule is CCOC1CCN(c2nc(Cl)nc(-n3ccnc3)n2)CC1. The minimum atomic E-state index is 0.190. The molecule has 7 nitrogen and oxygen atoms in total. The fourth-order valence-electron chi connectivity index (χ4n) is 2.42. The highest BCUT2D eigenvalue weighted by molar-refractivity contribution is 6.28. The molecule has 0 amide bonds. The van der Waals surface area contributed by atoms with E-state index in [4.69, 9.17) is 16.3 Å². The van der Waals surface area contributed by atoms with Gasteiger partial charge in [0.25, 0.3) is 0 Å². The molecule has 1 saturated heterocycles. The summed E-state index contributed by atoms with van der Waals surface area (Å²) in [7, 11) is 0. The molecule has 0 aliphatic carbocycles. The van der Waals surface area contributed by atoms with Gasteiger partial charge in [-0.1, -0.05) is 0 Å². The van der Waals surface area contributed by atoms with Crippen molar-refractivity contribution in [2.24, 2.45) is 0 Å².